The quantitative estimate of drug-likeness (QED) is 0.584. The summed E-state index contributed by atoms with van der Waals surface area (Å²) in [6.45, 7) is 8.51. The molecule has 2 fully saturated rings. The normalized spacial score (nSPS) is 27.2. The van der Waals surface area contributed by atoms with Crippen molar-refractivity contribution in [1.82, 2.24) is 15.6 Å². The van der Waals surface area contributed by atoms with Gasteiger partial charge in [0.2, 0.25) is 0 Å². The minimum Gasteiger partial charge on any atom is -0.377 e. The van der Waals surface area contributed by atoms with Gasteiger partial charge < -0.3 is 20.4 Å². The van der Waals surface area contributed by atoms with Gasteiger partial charge in [-0.1, -0.05) is 26.0 Å². The van der Waals surface area contributed by atoms with E-state index >= 15 is 0 Å². The maximum absolute atomic E-state index is 5.89. The van der Waals surface area contributed by atoms with Crippen LogP contribution in [-0.2, 0) is 11.2 Å². The molecule has 3 unspecified atom stereocenters. The van der Waals surface area contributed by atoms with Crippen LogP contribution in [0.2, 0.25) is 0 Å². The molecule has 2 aliphatic rings. The average Bonchev–Trinajstić information content (AvgIpc) is 3.24. The molecule has 2 aromatic rings. The van der Waals surface area contributed by atoms with Crippen LogP contribution >= 0.6 is 0 Å². The Morgan fingerprint density at radius 2 is 2.23 bits per heavy atom. The Balaban J connectivity index is 1.36. The van der Waals surface area contributed by atoms with E-state index in [9.17, 15) is 0 Å². The fourth-order valence-electron chi connectivity index (χ4n) is 4.92. The molecule has 3 N–H and O–H groups in total. The molecule has 2 heterocycles. The first-order valence-electron chi connectivity index (χ1n) is 9.66. The summed E-state index contributed by atoms with van der Waals surface area (Å²) in [5, 5.41) is 8.49. The molecular weight excluding hydrogens is 324 g/mol. The molecule has 1 saturated heterocycles. The Kier molecular flexibility index (Phi) is 4.43. The van der Waals surface area contributed by atoms with Crippen LogP contribution in [0.5, 0.6) is 0 Å². The smallest absolute Gasteiger partial charge is 0.191 e. The summed E-state index contributed by atoms with van der Waals surface area (Å²) in [6.07, 6.45) is 4.64. The van der Waals surface area contributed by atoms with Gasteiger partial charge >= 0.3 is 0 Å². The van der Waals surface area contributed by atoms with Gasteiger partial charge in [-0.05, 0) is 37.0 Å². The molecule has 5 nitrogen and oxygen atoms in total. The van der Waals surface area contributed by atoms with Crippen LogP contribution in [0.15, 0.2) is 29.4 Å². The van der Waals surface area contributed by atoms with E-state index in [0.29, 0.717) is 18.1 Å². The summed E-state index contributed by atoms with van der Waals surface area (Å²) in [4.78, 5) is 7.81. The number of rotatable bonds is 4. The molecule has 1 aliphatic heterocycles. The number of ether oxygens (including phenoxy) is 1. The average molecular weight is 354 g/mol. The molecule has 3 atom stereocenters. The van der Waals surface area contributed by atoms with Gasteiger partial charge in [-0.2, -0.15) is 0 Å². The number of nitrogens with one attached hydrogen (secondary N) is 3. The Hall–Kier alpha value is -2.01. The Morgan fingerprint density at radius 3 is 3.04 bits per heavy atom. The summed E-state index contributed by atoms with van der Waals surface area (Å²) in [7, 11) is 1.85. The maximum Gasteiger partial charge on any atom is 0.191 e. The van der Waals surface area contributed by atoms with E-state index in [-0.39, 0.29) is 5.41 Å². The lowest BCUT2D eigenvalue weighted by Crippen LogP contribution is -2.68. The van der Waals surface area contributed by atoms with Gasteiger partial charge in [-0.15, -0.1) is 0 Å². The Bertz CT molecular complexity index is 823. The van der Waals surface area contributed by atoms with Crippen molar-refractivity contribution in [3.05, 3.63) is 35.5 Å². The van der Waals surface area contributed by atoms with Crippen molar-refractivity contribution in [2.75, 3.05) is 20.2 Å². The van der Waals surface area contributed by atoms with Crippen LogP contribution in [0, 0.1) is 18.3 Å². The highest BCUT2D eigenvalue weighted by molar-refractivity contribution is 5.86. The van der Waals surface area contributed by atoms with Crippen LogP contribution in [0.3, 0.4) is 0 Å². The molecule has 26 heavy (non-hydrogen) atoms. The van der Waals surface area contributed by atoms with Gasteiger partial charge in [0, 0.05) is 54.7 Å². The van der Waals surface area contributed by atoms with Gasteiger partial charge in [0.05, 0.1) is 6.10 Å². The maximum atomic E-state index is 5.89. The second kappa shape index (κ2) is 6.62. The van der Waals surface area contributed by atoms with E-state index in [1.807, 2.05) is 7.05 Å². The van der Waals surface area contributed by atoms with Crippen LogP contribution in [-0.4, -0.2) is 43.3 Å². The molecule has 0 spiro atoms. The monoisotopic (exact) mass is 354 g/mol. The molecule has 0 radical (unpaired) electrons. The topological polar surface area (TPSA) is 61.4 Å². The van der Waals surface area contributed by atoms with Crippen molar-refractivity contribution in [3.8, 4) is 0 Å². The lowest BCUT2D eigenvalue weighted by molar-refractivity contribution is -0.106. The van der Waals surface area contributed by atoms with E-state index in [2.05, 4.69) is 65.8 Å². The predicted octanol–water partition coefficient (Wildman–Crippen LogP) is 3.00. The standard InChI is InChI=1S/C21H30N4O/c1-13-6-5-7-16-17(13)14(12-24-16)8-10-23-20(22-4)25-18-15-9-11-26-19(15)21(18,2)3/h5-7,12,15,18-19,24H,8-11H2,1-4H3,(H2,22,23,25). The Morgan fingerprint density at radius 1 is 1.38 bits per heavy atom. The number of fused-ring (bicyclic) bond motifs is 2. The van der Waals surface area contributed by atoms with Gasteiger partial charge in [-0.25, -0.2) is 0 Å². The van der Waals surface area contributed by atoms with Crippen molar-refractivity contribution in [2.45, 2.75) is 45.8 Å². The third-order valence-electron chi connectivity index (χ3n) is 6.30. The fraction of sp³-hybridized carbons (Fsp3) is 0.571. The summed E-state index contributed by atoms with van der Waals surface area (Å²) in [5.41, 5.74) is 4.05. The van der Waals surface area contributed by atoms with E-state index in [4.69, 9.17) is 4.74 Å². The van der Waals surface area contributed by atoms with Crippen molar-refractivity contribution >= 4 is 16.9 Å². The molecule has 1 saturated carbocycles. The van der Waals surface area contributed by atoms with Crippen LogP contribution in [0.25, 0.3) is 10.9 Å². The number of aryl methyl sites for hydroxylation is 1. The SMILES string of the molecule is CN=C(NCCc1c[nH]c2cccc(C)c12)NC1C2CCOC2C1(C)C. The molecule has 140 valence electrons. The zero-order valence-corrected chi connectivity index (χ0v) is 16.2. The predicted molar refractivity (Wildman–Crippen MR) is 107 cm³/mol. The third kappa shape index (κ3) is 2.78. The summed E-state index contributed by atoms with van der Waals surface area (Å²) in [6, 6.07) is 6.84. The fourth-order valence-corrected chi connectivity index (χ4v) is 4.92. The van der Waals surface area contributed by atoms with Gasteiger partial charge in [0.25, 0.3) is 0 Å². The summed E-state index contributed by atoms with van der Waals surface area (Å²) < 4.78 is 5.89. The lowest BCUT2D eigenvalue weighted by atomic mass is 9.57. The number of hydrogen-bond donors (Lipinski definition) is 3. The van der Waals surface area contributed by atoms with Gasteiger partial charge in [-0.3, -0.25) is 4.99 Å². The first-order chi connectivity index (χ1) is 12.5. The molecule has 1 aromatic heterocycles. The van der Waals surface area contributed by atoms with Crippen molar-refractivity contribution in [1.29, 1.82) is 0 Å². The number of benzene rings is 1. The number of hydrogen-bond acceptors (Lipinski definition) is 2. The zero-order chi connectivity index (χ0) is 18.3. The van der Waals surface area contributed by atoms with Gasteiger partial charge in [0.1, 0.15) is 0 Å². The molecule has 1 aliphatic carbocycles. The lowest BCUT2D eigenvalue weighted by Gasteiger charge is -2.54. The summed E-state index contributed by atoms with van der Waals surface area (Å²) >= 11 is 0. The highest BCUT2D eigenvalue weighted by Crippen LogP contribution is 2.52. The molecule has 4 rings (SSSR count). The van der Waals surface area contributed by atoms with E-state index in [1.54, 1.807) is 0 Å². The van der Waals surface area contributed by atoms with E-state index < -0.39 is 0 Å². The highest BCUT2D eigenvalue weighted by Gasteiger charge is 2.59. The number of H-pyrrole nitrogens is 1. The first-order valence-corrected chi connectivity index (χ1v) is 9.66. The van der Waals surface area contributed by atoms with Crippen LogP contribution in [0.4, 0.5) is 0 Å². The largest absolute Gasteiger partial charge is 0.377 e. The second-order valence-corrected chi connectivity index (χ2v) is 8.25. The highest BCUT2D eigenvalue weighted by atomic mass is 16.5. The Labute approximate surface area is 155 Å². The minimum atomic E-state index is 0.159. The van der Waals surface area contributed by atoms with Crippen molar-refractivity contribution in [3.63, 3.8) is 0 Å². The second-order valence-electron chi connectivity index (χ2n) is 8.25. The molecule has 0 bridgehead atoms. The van der Waals surface area contributed by atoms with E-state index in [1.165, 1.54) is 22.0 Å². The first kappa shape index (κ1) is 17.4. The summed E-state index contributed by atoms with van der Waals surface area (Å²) in [5.74, 6) is 1.50. The van der Waals surface area contributed by atoms with Crippen LogP contribution < -0.4 is 10.6 Å². The molecule has 1 aromatic carbocycles. The molecule has 5 heteroatoms. The van der Waals surface area contributed by atoms with Crippen LogP contribution in [0.1, 0.15) is 31.4 Å². The molecule has 0 amide bonds. The molecular formula is C21H30N4O. The number of aliphatic imine (C=N–C) groups is 1. The zero-order valence-electron chi connectivity index (χ0n) is 16.2. The van der Waals surface area contributed by atoms with Crippen molar-refractivity contribution in [2.24, 2.45) is 16.3 Å². The third-order valence-corrected chi connectivity index (χ3v) is 6.30. The number of guanidine groups is 1. The number of aromatic amines is 1. The van der Waals surface area contributed by atoms with E-state index in [0.717, 1.165) is 32.0 Å². The minimum absolute atomic E-state index is 0.159. The van der Waals surface area contributed by atoms with Crippen molar-refractivity contribution < 1.29 is 4.74 Å². The number of aromatic nitrogens is 1. The van der Waals surface area contributed by atoms with Gasteiger partial charge in [0.15, 0.2) is 5.96 Å². The number of nitrogens with zero attached hydrogens (tertiary/aromatic N) is 1.